The number of aromatic nitrogens is 1. The van der Waals surface area contributed by atoms with Crippen LogP contribution in [0.3, 0.4) is 0 Å². The van der Waals surface area contributed by atoms with Crippen molar-refractivity contribution in [2.75, 3.05) is 24.5 Å². The molecule has 29 heavy (non-hydrogen) atoms. The van der Waals surface area contributed by atoms with E-state index in [-0.39, 0.29) is 30.0 Å². The van der Waals surface area contributed by atoms with Crippen LogP contribution in [0.4, 0.5) is 5.69 Å². The predicted octanol–water partition coefficient (Wildman–Crippen LogP) is 3.45. The number of anilines is 1. The molecule has 1 aromatic carbocycles. The Kier molecular flexibility index (Phi) is 9.25. The molecule has 0 bridgehead atoms. The maximum atomic E-state index is 9.39. The van der Waals surface area contributed by atoms with Gasteiger partial charge in [-0.1, -0.05) is 24.2 Å². The van der Waals surface area contributed by atoms with E-state index in [0.29, 0.717) is 6.54 Å². The molecular formula is C21H29IN6O. The Hall–Kier alpha value is -2.28. The Labute approximate surface area is 189 Å². The summed E-state index contributed by atoms with van der Waals surface area (Å²) in [6.07, 6.45) is 2.99. The molecule has 1 aliphatic rings. The van der Waals surface area contributed by atoms with Gasteiger partial charge in [-0.3, -0.25) is 0 Å². The lowest BCUT2D eigenvalue weighted by atomic mass is 10.0. The molecule has 0 aliphatic carbocycles. The van der Waals surface area contributed by atoms with E-state index in [1.165, 1.54) is 0 Å². The molecule has 1 unspecified atom stereocenters. The predicted molar refractivity (Wildman–Crippen MR) is 126 cm³/mol. The van der Waals surface area contributed by atoms with Crippen molar-refractivity contribution in [2.45, 2.75) is 45.7 Å². The molecule has 2 aromatic rings. The van der Waals surface area contributed by atoms with Crippen LogP contribution in [0.15, 0.2) is 39.8 Å². The fraction of sp³-hybridized carbons (Fsp3) is 0.476. The highest BCUT2D eigenvalue weighted by Gasteiger charge is 2.22. The van der Waals surface area contributed by atoms with Crippen LogP contribution in [0.5, 0.6) is 0 Å². The van der Waals surface area contributed by atoms with Crippen molar-refractivity contribution in [1.29, 1.82) is 5.26 Å². The van der Waals surface area contributed by atoms with Crippen molar-refractivity contribution in [2.24, 2.45) is 4.99 Å². The molecule has 7 nitrogen and oxygen atoms in total. The molecule has 1 saturated heterocycles. The van der Waals surface area contributed by atoms with Gasteiger partial charge in [0.05, 0.1) is 16.9 Å². The van der Waals surface area contributed by atoms with Gasteiger partial charge in [0.2, 0.25) is 0 Å². The fourth-order valence-corrected chi connectivity index (χ4v) is 3.42. The van der Waals surface area contributed by atoms with Crippen molar-refractivity contribution >= 4 is 35.6 Å². The summed E-state index contributed by atoms with van der Waals surface area (Å²) in [4.78, 5) is 6.93. The van der Waals surface area contributed by atoms with Crippen molar-refractivity contribution in [1.82, 2.24) is 15.8 Å². The summed E-state index contributed by atoms with van der Waals surface area (Å²) < 4.78 is 5.32. The zero-order valence-electron chi connectivity index (χ0n) is 17.0. The second kappa shape index (κ2) is 11.7. The van der Waals surface area contributed by atoms with Gasteiger partial charge in [-0.25, -0.2) is 4.99 Å². The van der Waals surface area contributed by atoms with Gasteiger partial charge < -0.3 is 20.1 Å². The maximum Gasteiger partial charge on any atom is 0.191 e. The number of piperidine rings is 1. The third-order valence-electron chi connectivity index (χ3n) is 4.83. The molecule has 1 aromatic heterocycles. The van der Waals surface area contributed by atoms with Gasteiger partial charge in [-0.15, -0.1) is 24.0 Å². The van der Waals surface area contributed by atoms with Crippen molar-refractivity contribution in [3.8, 4) is 6.07 Å². The SMILES string of the molecule is CCNC(=NCc1cc(CC)no1)NC1CCCN(c2ccccc2C#N)C1.I. The molecule has 0 spiro atoms. The molecule has 1 aliphatic heterocycles. The third kappa shape index (κ3) is 6.35. The van der Waals surface area contributed by atoms with Crippen LogP contribution in [-0.2, 0) is 13.0 Å². The van der Waals surface area contributed by atoms with Gasteiger partial charge in [-0.2, -0.15) is 5.26 Å². The number of halogens is 1. The first-order chi connectivity index (χ1) is 13.7. The number of para-hydroxylation sites is 1. The number of benzene rings is 1. The average Bonchev–Trinajstić information content (AvgIpc) is 3.20. The van der Waals surface area contributed by atoms with Crippen LogP contribution in [0.1, 0.15) is 43.7 Å². The van der Waals surface area contributed by atoms with Crippen LogP contribution in [0.25, 0.3) is 0 Å². The second-order valence-corrected chi connectivity index (χ2v) is 6.89. The topological polar surface area (TPSA) is 89.5 Å². The van der Waals surface area contributed by atoms with Crippen molar-refractivity contribution in [3.63, 3.8) is 0 Å². The first kappa shape index (κ1) is 23.0. The Morgan fingerprint density at radius 3 is 2.93 bits per heavy atom. The molecule has 1 fully saturated rings. The van der Waals surface area contributed by atoms with E-state index in [9.17, 15) is 5.26 Å². The molecule has 0 amide bonds. The number of rotatable bonds is 6. The van der Waals surface area contributed by atoms with E-state index < -0.39 is 0 Å². The third-order valence-corrected chi connectivity index (χ3v) is 4.83. The van der Waals surface area contributed by atoms with Gasteiger partial charge in [0.25, 0.3) is 0 Å². The molecule has 1 atom stereocenters. The number of aliphatic imine (C=N–C) groups is 1. The lowest BCUT2D eigenvalue weighted by molar-refractivity contribution is 0.379. The van der Waals surface area contributed by atoms with Gasteiger partial charge in [-0.05, 0) is 38.3 Å². The summed E-state index contributed by atoms with van der Waals surface area (Å²) in [5, 5.41) is 20.3. The summed E-state index contributed by atoms with van der Waals surface area (Å²) in [7, 11) is 0. The van der Waals surface area contributed by atoms with Crippen LogP contribution in [0.2, 0.25) is 0 Å². The van der Waals surface area contributed by atoms with E-state index >= 15 is 0 Å². The van der Waals surface area contributed by atoms with Crippen molar-refractivity contribution < 1.29 is 4.52 Å². The maximum absolute atomic E-state index is 9.39. The van der Waals surface area contributed by atoms with Crippen LogP contribution in [0, 0.1) is 11.3 Å². The van der Waals surface area contributed by atoms with Gasteiger partial charge in [0.1, 0.15) is 12.6 Å². The molecule has 0 radical (unpaired) electrons. The monoisotopic (exact) mass is 508 g/mol. The molecule has 8 heteroatoms. The van der Waals surface area contributed by atoms with E-state index in [1.807, 2.05) is 30.3 Å². The van der Waals surface area contributed by atoms with Crippen LogP contribution in [-0.4, -0.2) is 36.8 Å². The second-order valence-electron chi connectivity index (χ2n) is 6.89. The van der Waals surface area contributed by atoms with Crippen LogP contribution >= 0.6 is 24.0 Å². The number of aryl methyl sites for hydroxylation is 1. The number of guanidine groups is 1. The quantitative estimate of drug-likeness (QED) is 0.353. The molecule has 2 N–H and O–H groups in total. The van der Waals surface area contributed by atoms with Crippen molar-refractivity contribution in [3.05, 3.63) is 47.3 Å². The highest BCUT2D eigenvalue weighted by atomic mass is 127. The molecule has 0 saturated carbocycles. The molecular weight excluding hydrogens is 479 g/mol. The van der Waals surface area contributed by atoms with E-state index in [4.69, 9.17) is 4.52 Å². The van der Waals surface area contributed by atoms with E-state index in [2.05, 4.69) is 45.6 Å². The number of nitrogens with one attached hydrogen (secondary N) is 2. The standard InChI is InChI=1S/C21H28N6O.HI/c1-3-17-12-19(28-26-17)14-24-21(23-4-2)25-18-9-7-11-27(15-18)20-10-6-5-8-16(20)13-22;/h5-6,8,10,12,18H,3-4,7,9,11,14-15H2,1-2H3,(H2,23,24,25);1H. The summed E-state index contributed by atoms with van der Waals surface area (Å²) in [5.74, 6) is 1.54. The first-order valence-electron chi connectivity index (χ1n) is 9.96. The summed E-state index contributed by atoms with van der Waals surface area (Å²) in [6, 6.07) is 12.3. The Morgan fingerprint density at radius 2 is 2.21 bits per heavy atom. The van der Waals surface area contributed by atoms with Gasteiger partial charge in [0.15, 0.2) is 11.7 Å². The minimum Gasteiger partial charge on any atom is -0.368 e. The number of nitrogens with zero attached hydrogens (tertiary/aromatic N) is 4. The summed E-state index contributed by atoms with van der Waals surface area (Å²) >= 11 is 0. The lowest BCUT2D eigenvalue weighted by Crippen LogP contribution is -2.51. The van der Waals surface area contributed by atoms with Crippen LogP contribution < -0.4 is 15.5 Å². The van der Waals surface area contributed by atoms with E-state index in [0.717, 1.165) is 67.6 Å². The zero-order chi connectivity index (χ0) is 19.8. The number of nitriles is 1. The first-order valence-corrected chi connectivity index (χ1v) is 9.96. The zero-order valence-corrected chi connectivity index (χ0v) is 19.3. The number of hydrogen-bond acceptors (Lipinski definition) is 5. The smallest absolute Gasteiger partial charge is 0.191 e. The van der Waals surface area contributed by atoms with E-state index in [1.54, 1.807) is 0 Å². The molecule has 3 rings (SSSR count). The highest BCUT2D eigenvalue weighted by molar-refractivity contribution is 14.0. The summed E-state index contributed by atoms with van der Waals surface area (Å²) in [5.41, 5.74) is 2.68. The Balaban J connectivity index is 0.00000300. The molecule has 156 valence electrons. The summed E-state index contributed by atoms with van der Waals surface area (Å²) in [6.45, 7) is 7.15. The minimum atomic E-state index is 0. The normalized spacial score (nSPS) is 16.7. The fourth-order valence-electron chi connectivity index (χ4n) is 3.42. The molecule has 2 heterocycles. The minimum absolute atomic E-state index is 0. The number of hydrogen-bond donors (Lipinski definition) is 2. The van der Waals surface area contributed by atoms with Gasteiger partial charge >= 0.3 is 0 Å². The largest absolute Gasteiger partial charge is 0.368 e. The lowest BCUT2D eigenvalue weighted by Gasteiger charge is -2.35. The average molecular weight is 508 g/mol. The highest BCUT2D eigenvalue weighted by Crippen LogP contribution is 2.23. The Morgan fingerprint density at radius 1 is 1.38 bits per heavy atom. The van der Waals surface area contributed by atoms with Gasteiger partial charge in [0, 0.05) is 31.7 Å². The Bertz CT molecular complexity index is 844.